The number of halogens is 3. The summed E-state index contributed by atoms with van der Waals surface area (Å²) in [7, 11) is 0. The topological polar surface area (TPSA) is 27.1 Å². The van der Waals surface area contributed by atoms with E-state index in [0.29, 0.717) is 24.1 Å². The standard InChI is InChI=1S/C18H17F3N2O/c1-13-6-4-7-14(12-13)24-11-5-10-23-16-9-3-2-8-15(16)22-17(23)18(19,20)21/h2-4,6-9,12H,5,10-11H2,1H3. The van der Waals surface area contributed by atoms with Crippen molar-refractivity contribution in [2.75, 3.05) is 6.61 Å². The summed E-state index contributed by atoms with van der Waals surface area (Å²) in [5, 5.41) is 0. The molecule has 3 rings (SSSR count). The lowest BCUT2D eigenvalue weighted by Crippen LogP contribution is -2.16. The molecule has 0 atom stereocenters. The molecule has 3 aromatic rings. The molecule has 0 radical (unpaired) electrons. The highest BCUT2D eigenvalue weighted by molar-refractivity contribution is 5.76. The minimum Gasteiger partial charge on any atom is -0.494 e. The molecule has 1 heterocycles. The average molecular weight is 334 g/mol. The predicted molar refractivity (Wildman–Crippen MR) is 86.0 cm³/mol. The summed E-state index contributed by atoms with van der Waals surface area (Å²) in [4.78, 5) is 3.73. The molecule has 0 N–H and O–H groups in total. The maximum absolute atomic E-state index is 13.2. The number of aryl methyl sites for hydroxylation is 2. The highest BCUT2D eigenvalue weighted by atomic mass is 19.4. The Morgan fingerprint density at radius 3 is 2.62 bits per heavy atom. The SMILES string of the molecule is Cc1cccc(OCCCn2c(C(F)(F)F)nc3ccccc32)c1. The van der Waals surface area contributed by atoms with Crippen LogP contribution in [0.15, 0.2) is 48.5 Å². The Bertz CT molecular complexity index is 840. The predicted octanol–water partition coefficient (Wildman–Crippen LogP) is 4.83. The molecule has 0 fully saturated rings. The number of imidazole rings is 1. The second-order valence-electron chi connectivity index (χ2n) is 5.59. The van der Waals surface area contributed by atoms with Crippen LogP contribution in [0.1, 0.15) is 17.8 Å². The zero-order chi connectivity index (χ0) is 17.2. The summed E-state index contributed by atoms with van der Waals surface area (Å²) in [6.45, 7) is 2.49. The second kappa shape index (κ2) is 6.55. The van der Waals surface area contributed by atoms with Gasteiger partial charge in [0.05, 0.1) is 17.6 Å². The van der Waals surface area contributed by atoms with Gasteiger partial charge in [-0.05, 0) is 43.2 Å². The van der Waals surface area contributed by atoms with Crippen molar-refractivity contribution < 1.29 is 17.9 Å². The van der Waals surface area contributed by atoms with Crippen LogP contribution in [0.5, 0.6) is 5.75 Å². The summed E-state index contributed by atoms with van der Waals surface area (Å²) >= 11 is 0. The minimum absolute atomic E-state index is 0.196. The van der Waals surface area contributed by atoms with Crippen molar-refractivity contribution in [2.24, 2.45) is 0 Å². The molecule has 0 aliphatic carbocycles. The van der Waals surface area contributed by atoms with Gasteiger partial charge >= 0.3 is 6.18 Å². The Morgan fingerprint density at radius 2 is 1.88 bits per heavy atom. The number of para-hydroxylation sites is 2. The van der Waals surface area contributed by atoms with Crippen LogP contribution in [0.25, 0.3) is 11.0 Å². The first kappa shape index (κ1) is 16.4. The summed E-state index contributed by atoms with van der Waals surface area (Å²) in [6, 6.07) is 14.2. The van der Waals surface area contributed by atoms with E-state index in [4.69, 9.17) is 4.74 Å². The molecule has 0 spiro atoms. The van der Waals surface area contributed by atoms with E-state index in [1.54, 1.807) is 24.3 Å². The Kier molecular flexibility index (Phi) is 4.46. The van der Waals surface area contributed by atoms with Gasteiger partial charge in [-0.1, -0.05) is 24.3 Å². The summed E-state index contributed by atoms with van der Waals surface area (Å²) < 4.78 is 46.4. The number of alkyl halides is 3. The van der Waals surface area contributed by atoms with E-state index < -0.39 is 12.0 Å². The lowest BCUT2D eigenvalue weighted by Gasteiger charge is -2.12. The van der Waals surface area contributed by atoms with E-state index in [1.165, 1.54) is 4.57 Å². The van der Waals surface area contributed by atoms with E-state index >= 15 is 0 Å². The molecule has 0 aliphatic heterocycles. The Morgan fingerprint density at radius 1 is 1.08 bits per heavy atom. The first-order valence-corrected chi connectivity index (χ1v) is 7.67. The molecule has 3 nitrogen and oxygen atoms in total. The summed E-state index contributed by atoms with van der Waals surface area (Å²) in [6.07, 6.45) is -4.02. The van der Waals surface area contributed by atoms with Gasteiger partial charge in [-0.2, -0.15) is 13.2 Å². The van der Waals surface area contributed by atoms with Gasteiger partial charge in [0.15, 0.2) is 0 Å². The van der Waals surface area contributed by atoms with Crippen LogP contribution in [-0.2, 0) is 12.7 Å². The molecular weight excluding hydrogens is 317 g/mol. The maximum Gasteiger partial charge on any atom is 0.449 e. The number of hydrogen-bond donors (Lipinski definition) is 0. The molecule has 0 bridgehead atoms. The first-order chi connectivity index (χ1) is 11.4. The minimum atomic E-state index is -4.48. The number of hydrogen-bond acceptors (Lipinski definition) is 2. The number of ether oxygens (including phenoxy) is 1. The molecule has 24 heavy (non-hydrogen) atoms. The van der Waals surface area contributed by atoms with Gasteiger partial charge in [-0.3, -0.25) is 0 Å². The van der Waals surface area contributed by atoms with Crippen molar-refractivity contribution in [3.63, 3.8) is 0 Å². The van der Waals surface area contributed by atoms with E-state index in [2.05, 4.69) is 4.98 Å². The lowest BCUT2D eigenvalue weighted by atomic mass is 10.2. The van der Waals surface area contributed by atoms with Gasteiger partial charge < -0.3 is 9.30 Å². The molecule has 6 heteroatoms. The van der Waals surface area contributed by atoms with Crippen molar-refractivity contribution in [3.8, 4) is 5.75 Å². The highest BCUT2D eigenvalue weighted by Gasteiger charge is 2.37. The normalized spacial score (nSPS) is 11.8. The third-order valence-electron chi connectivity index (χ3n) is 3.69. The lowest BCUT2D eigenvalue weighted by molar-refractivity contribution is -0.147. The molecule has 126 valence electrons. The zero-order valence-electron chi connectivity index (χ0n) is 13.2. The Labute approximate surface area is 137 Å². The van der Waals surface area contributed by atoms with Crippen LogP contribution in [-0.4, -0.2) is 16.2 Å². The molecule has 0 saturated heterocycles. The van der Waals surface area contributed by atoms with Crippen molar-refractivity contribution in [1.29, 1.82) is 0 Å². The monoisotopic (exact) mass is 334 g/mol. The van der Waals surface area contributed by atoms with Crippen LogP contribution in [0.4, 0.5) is 13.2 Å². The number of rotatable bonds is 5. The smallest absolute Gasteiger partial charge is 0.449 e. The molecular formula is C18H17F3N2O. The fourth-order valence-corrected chi connectivity index (χ4v) is 2.64. The average Bonchev–Trinajstić information content (AvgIpc) is 2.91. The number of benzene rings is 2. The van der Waals surface area contributed by atoms with Gasteiger partial charge in [0.25, 0.3) is 0 Å². The van der Waals surface area contributed by atoms with Gasteiger partial charge in [-0.25, -0.2) is 4.98 Å². The van der Waals surface area contributed by atoms with Crippen LogP contribution in [0, 0.1) is 6.92 Å². The third kappa shape index (κ3) is 3.53. The van der Waals surface area contributed by atoms with Crippen LogP contribution >= 0.6 is 0 Å². The van der Waals surface area contributed by atoms with Crippen molar-refractivity contribution in [2.45, 2.75) is 26.1 Å². The van der Waals surface area contributed by atoms with Gasteiger partial charge in [-0.15, -0.1) is 0 Å². The molecule has 2 aromatic carbocycles. The first-order valence-electron chi connectivity index (χ1n) is 7.67. The van der Waals surface area contributed by atoms with E-state index in [0.717, 1.165) is 11.3 Å². The molecule has 0 saturated carbocycles. The Hall–Kier alpha value is -2.50. The molecule has 0 unspecified atom stereocenters. The van der Waals surface area contributed by atoms with Crippen LogP contribution in [0.2, 0.25) is 0 Å². The van der Waals surface area contributed by atoms with Crippen LogP contribution in [0.3, 0.4) is 0 Å². The van der Waals surface area contributed by atoms with Crippen molar-refractivity contribution >= 4 is 11.0 Å². The van der Waals surface area contributed by atoms with Gasteiger partial charge in [0, 0.05) is 6.54 Å². The zero-order valence-corrected chi connectivity index (χ0v) is 13.2. The fourth-order valence-electron chi connectivity index (χ4n) is 2.64. The largest absolute Gasteiger partial charge is 0.494 e. The van der Waals surface area contributed by atoms with E-state index in [1.807, 2.05) is 31.2 Å². The Balaban J connectivity index is 1.72. The van der Waals surface area contributed by atoms with Gasteiger partial charge in [0.1, 0.15) is 5.75 Å². The van der Waals surface area contributed by atoms with Gasteiger partial charge in [0.2, 0.25) is 5.82 Å². The second-order valence-corrected chi connectivity index (χ2v) is 5.59. The quantitative estimate of drug-likeness (QED) is 0.625. The third-order valence-corrected chi connectivity index (χ3v) is 3.69. The number of aromatic nitrogens is 2. The molecule has 0 amide bonds. The summed E-state index contributed by atoms with van der Waals surface area (Å²) in [5.74, 6) is -0.138. The van der Waals surface area contributed by atoms with E-state index in [9.17, 15) is 13.2 Å². The van der Waals surface area contributed by atoms with Crippen molar-refractivity contribution in [1.82, 2.24) is 9.55 Å². The highest BCUT2D eigenvalue weighted by Crippen LogP contribution is 2.31. The number of nitrogens with zero attached hydrogens (tertiary/aromatic N) is 2. The van der Waals surface area contributed by atoms with E-state index in [-0.39, 0.29) is 6.54 Å². The molecule has 0 aliphatic rings. The maximum atomic E-state index is 13.2. The summed E-state index contributed by atoms with van der Waals surface area (Å²) in [5.41, 5.74) is 1.91. The van der Waals surface area contributed by atoms with Crippen molar-refractivity contribution in [3.05, 3.63) is 59.9 Å². The number of fused-ring (bicyclic) bond motifs is 1. The fraction of sp³-hybridized carbons (Fsp3) is 0.278. The molecule has 1 aromatic heterocycles. The van der Waals surface area contributed by atoms with Crippen LogP contribution < -0.4 is 4.74 Å².